The number of nitrogens with two attached hydrogens (primary N) is 1. The Labute approximate surface area is 133 Å². The van der Waals surface area contributed by atoms with Crippen molar-refractivity contribution in [3.8, 4) is 0 Å². The Bertz CT molecular complexity index is 165. The zero-order valence-electron chi connectivity index (χ0n) is 16.0. The fraction of sp³-hybridized carbons (Fsp3) is 0.600. The molecule has 0 unspecified atom stereocenters. The quantitative estimate of drug-likeness (QED) is 0.642. The number of ketones is 2. The average Bonchev–Trinajstić information content (AvgIpc) is 2.20. The van der Waals surface area contributed by atoms with Crippen LogP contribution in [0, 0.1) is 22.3 Å². The topological polar surface area (TPSA) is 109 Å². The summed E-state index contributed by atoms with van der Waals surface area (Å²) >= 11 is 0. The first-order valence-corrected chi connectivity index (χ1v) is 5.47. The highest BCUT2D eigenvalue weighted by Crippen LogP contribution is 1.71. The molecule has 0 aromatic rings. The maximum absolute atomic E-state index is 9.81. The summed E-state index contributed by atoms with van der Waals surface area (Å²) in [5, 5.41) is 10.2. The number of carboxylic acid groups (broad SMARTS) is 1. The highest BCUT2D eigenvalue weighted by atomic mass is 16.4. The van der Waals surface area contributed by atoms with E-state index in [-0.39, 0.29) is 33.8 Å². The monoisotopic (exact) mass is 311 g/mol. The SMILES string of the molecule is CC(=O)O.CC(C)=O.CCC(C)=O.CN.CNC.[CH3-].[CH3-].[CH3-]. The maximum atomic E-state index is 9.81. The molecule has 0 bridgehead atoms. The molecule has 0 spiro atoms. The van der Waals surface area contributed by atoms with Gasteiger partial charge in [0.15, 0.2) is 0 Å². The van der Waals surface area contributed by atoms with Crippen molar-refractivity contribution < 1.29 is 19.5 Å². The Morgan fingerprint density at radius 3 is 0.952 bits per heavy atom. The summed E-state index contributed by atoms with van der Waals surface area (Å²) in [6.45, 7) is 7.57. The fourth-order valence-corrected chi connectivity index (χ4v) is 0. The minimum Gasteiger partial charge on any atom is -0.481 e. The predicted octanol–water partition coefficient (Wildman–Crippen LogP) is 2.43. The predicted molar refractivity (Wildman–Crippen MR) is 95.0 cm³/mol. The van der Waals surface area contributed by atoms with Crippen LogP contribution in [0.2, 0.25) is 0 Å². The summed E-state index contributed by atoms with van der Waals surface area (Å²) in [7, 11) is 5.25. The molecule has 0 aliphatic rings. The van der Waals surface area contributed by atoms with Gasteiger partial charge in [-0.25, -0.2) is 0 Å². The summed E-state index contributed by atoms with van der Waals surface area (Å²) in [5.41, 5.74) is 4.50. The molecule has 0 aliphatic heterocycles. The van der Waals surface area contributed by atoms with Gasteiger partial charge in [-0.15, -0.1) is 0 Å². The number of carboxylic acids is 1. The third kappa shape index (κ3) is 9840. The molecule has 6 nitrogen and oxygen atoms in total. The van der Waals surface area contributed by atoms with Gasteiger partial charge in [-0.1, -0.05) is 6.92 Å². The van der Waals surface area contributed by atoms with E-state index >= 15 is 0 Å². The second-order valence-electron chi connectivity index (χ2n) is 2.98. The zero-order chi connectivity index (χ0) is 16.1. The van der Waals surface area contributed by atoms with Crippen molar-refractivity contribution in [2.45, 2.75) is 41.0 Å². The van der Waals surface area contributed by atoms with E-state index in [9.17, 15) is 9.59 Å². The molecule has 0 saturated carbocycles. The minimum absolute atomic E-state index is 0. The summed E-state index contributed by atoms with van der Waals surface area (Å²) < 4.78 is 0. The number of nitrogens with one attached hydrogen (secondary N) is 1. The van der Waals surface area contributed by atoms with Crippen molar-refractivity contribution in [2.75, 3.05) is 21.1 Å². The lowest BCUT2D eigenvalue weighted by Gasteiger charge is -1.71. The molecule has 0 amide bonds. The summed E-state index contributed by atoms with van der Waals surface area (Å²) in [6.07, 6.45) is 0.667. The van der Waals surface area contributed by atoms with Crippen LogP contribution in [0.15, 0.2) is 0 Å². The van der Waals surface area contributed by atoms with Gasteiger partial charge in [0, 0.05) is 13.3 Å². The molecule has 0 heterocycles. The van der Waals surface area contributed by atoms with Gasteiger partial charge in [0.2, 0.25) is 0 Å². The molecule has 4 N–H and O–H groups in total. The van der Waals surface area contributed by atoms with Crippen molar-refractivity contribution in [2.24, 2.45) is 5.73 Å². The Hall–Kier alpha value is -1.27. The lowest BCUT2D eigenvalue weighted by molar-refractivity contribution is -0.134. The second kappa shape index (κ2) is 62.2. The van der Waals surface area contributed by atoms with Crippen LogP contribution < -0.4 is 11.1 Å². The summed E-state index contributed by atoms with van der Waals surface area (Å²) in [4.78, 5) is 28.3. The molecule has 0 aliphatic carbocycles. The van der Waals surface area contributed by atoms with Crippen LogP contribution in [0.5, 0.6) is 0 Å². The molecular formula is C15H39N2O4-3. The van der Waals surface area contributed by atoms with Crippen molar-refractivity contribution >= 4 is 17.5 Å². The van der Waals surface area contributed by atoms with E-state index in [1.807, 2.05) is 21.0 Å². The fourth-order valence-electron chi connectivity index (χ4n) is 0. The maximum Gasteiger partial charge on any atom is 0.300 e. The van der Waals surface area contributed by atoms with Crippen molar-refractivity contribution in [3.63, 3.8) is 0 Å². The van der Waals surface area contributed by atoms with Crippen LogP contribution in [-0.2, 0) is 14.4 Å². The first kappa shape index (κ1) is 50.3. The van der Waals surface area contributed by atoms with Crippen LogP contribution in [0.1, 0.15) is 41.0 Å². The number of carbonyl (C=O) groups excluding carboxylic acids is 2. The van der Waals surface area contributed by atoms with Crippen LogP contribution >= 0.6 is 0 Å². The largest absolute Gasteiger partial charge is 0.481 e. The van der Waals surface area contributed by atoms with E-state index < -0.39 is 5.97 Å². The Kier molecular flexibility index (Phi) is 149. The van der Waals surface area contributed by atoms with Crippen LogP contribution in [-0.4, -0.2) is 43.8 Å². The zero-order valence-corrected chi connectivity index (χ0v) is 16.0. The van der Waals surface area contributed by atoms with E-state index in [4.69, 9.17) is 9.90 Å². The van der Waals surface area contributed by atoms with Crippen LogP contribution in [0.3, 0.4) is 0 Å². The molecule has 0 fully saturated rings. The van der Waals surface area contributed by atoms with E-state index in [2.05, 4.69) is 11.1 Å². The highest BCUT2D eigenvalue weighted by molar-refractivity contribution is 5.74. The van der Waals surface area contributed by atoms with Gasteiger partial charge in [-0.3, -0.25) is 4.79 Å². The average molecular weight is 311 g/mol. The Morgan fingerprint density at radius 2 is 0.952 bits per heavy atom. The first-order valence-electron chi connectivity index (χ1n) is 5.47. The summed E-state index contributed by atoms with van der Waals surface area (Å²) in [6, 6.07) is 0. The number of aliphatic carboxylic acids is 1. The van der Waals surface area contributed by atoms with E-state index in [1.54, 1.807) is 6.92 Å². The molecule has 0 rings (SSSR count). The molecule has 0 aromatic heterocycles. The van der Waals surface area contributed by atoms with Gasteiger partial charge < -0.3 is 48.0 Å². The van der Waals surface area contributed by atoms with E-state index in [1.165, 1.54) is 20.9 Å². The third-order valence-corrected chi connectivity index (χ3v) is 0.498. The molecule has 0 atom stereocenters. The van der Waals surface area contributed by atoms with Crippen LogP contribution in [0.4, 0.5) is 0 Å². The normalized spacial score (nSPS) is 5.38. The molecule has 0 radical (unpaired) electrons. The van der Waals surface area contributed by atoms with Crippen molar-refractivity contribution in [1.82, 2.24) is 5.32 Å². The van der Waals surface area contributed by atoms with Crippen molar-refractivity contribution in [3.05, 3.63) is 22.3 Å². The van der Waals surface area contributed by atoms with Gasteiger partial charge in [0.05, 0.1) is 0 Å². The molecule has 0 aromatic carbocycles. The molecule has 21 heavy (non-hydrogen) atoms. The Balaban J connectivity index is -0.0000000166. The smallest absolute Gasteiger partial charge is 0.300 e. The van der Waals surface area contributed by atoms with Gasteiger partial charge in [0.25, 0.3) is 5.97 Å². The molecule has 0 saturated heterocycles. The number of rotatable bonds is 1. The Morgan fingerprint density at radius 1 is 0.905 bits per heavy atom. The summed E-state index contributed by atoms with van der Waals surface area (Å²) in [5.74, 6) is -0.412. The second-order valence-corrected chi connectivity index (χ2v) is 2.98. The third-order valence-electron chi connectivity index (χ3n) is 0.498. The van der Waals surface area contributed by atoms with E-state index in [0.29, 0.717) is 6.42 Å². The van der Waals surface area contributed by atoms with Crippen molar-refractivity contribution in [1.29, 1.82) is 0 Å². The van der Waals surface area contributed by atoms with Gasteiger partial charge in [-0.05, 0) is 41.9 Å². The van der Waals surface area contributed by atoms with Gasteiger partial charge in [-0.2, -0.15) is 0 Å². The minimum atomic E-state index is -0.833. The van der Waals surface area contributed by atoms with E-state index in [0.717, 1.165) is 6.92 Å². The molecular weight excluding hydrogens is 272 g/mol. The number of hydrogen-bond acceptors (Lipinski definition) is 5. The van der Waals surface area contributed by atoms with Gasteiger partial charge >= 0.3 is 0 Å². The van der Waals surface area contributed by atoms with Crippen LogP contribution in [0.25, 0.3) is 0 Å². The number of hydrogen-bond donors (Lipinski definition) is 3. The molecule has 6 heteroatoms. The number of carbonyl (C=O) groups is 3. The lowest BCUT2D eigenvalue weighted by atomic mass is 10.4. The first-order chi connectivity index (χ1) is 8.15. The standard InChI is InChI=1S/C4H8O.C3H6O.C2H7N.C2H4O2.CH5N.3CH3/c1-3-4(2)5;1-3(2)4;1-3-2;1-2(3)4;1-2;;;/h3H2,1-2H3;1-2H3;3H,1-2H3;1H3,(H,3,4);2H2,1H3;3*1H3/q;;;;;3*-1. The highest BCUT2D eigenvalue weighted by Gasteiger charge is 1.76. The molecule has 136 valence electrons. The lowest BCUT2D eigenvalue weighted by Crippen LogP contribution is -1.89. The number of Topliss-reactive ketones (excluding diaryl/α,β-unsaturated/α-hetero) is 2. The van der Waals surface area contributed by atoms with Gasteiger partial charge in [0.1, 0.15) is 11.6 Å².